The molecule has 1 amide bonds. The molecule has 1 N–H and O–H groups in total. The van der Waals surface area contributed by atoms with E-state index in [0.717, 1.165) is 0 Å². The van der Waals surface area contributed by atoms with Crippen LogP contribution in [0.3, 0.4) is 0 Å². The van der Waals surface area contributed by atoms with Gasteiger partial charge in [0.25, 0.3) is 5.91 Å². The number of hydrogen-bond acceptors (Lipinski definition) is 4. The quantitative estimate of drug-likeness (QED) is 0.838. The molecule has 0 spiro atoms. The third-order valence-corrected chi connectivity index (χ3v) is 3.18. The number of nitrogens with zero attached hydrogens (tertiary/aromatic N) is 1. The second-order valence-corrected chi connectivity index (χ2v) is 4.93. The van der Waals surface area contributed by atoms with Crippen LogP contribution in [-0.4, -0.2) is 24.6 Å². The molecule has 21 heavy (non-hydrogen) atoms. The fraction of sp³-hybridized carbons (Fsp3) is 0.200. The van der Waals surface area contributed by atoms with Gasteiger partial charge in [0.2, 0.25) is 0 Å². The number of amides is 1. The van der Waals surface area contributed by atoms with Crippen molar-refractivity contribution >= 4 is 27.5 Å². The fourth-order valence-electron chi connectivity index (χ4n) is 1.74. The number of halogens is 1. The molecule has 1 aromatic carbocycles. The molecule has 0 unspecified atom stereocenters. The lowest BCUT2D eigenvalue weighted by atomic mass is 10.2. The second-order valence-electron chi connectivity index (χ2n) is 4.12. The average molecular weight is 351 g/mol. The van der Waals surface area contributed by atoms with E-state index in [2.05, 4.69) is 26.2 Å². The van der Waals surface area contributed by atoms with Gasteiger partial charge in [-0.05, 0) is 47.1 Å². The molecule has 0 aliphatic carbocycles. The first kappa shape index (κ1) is 15.3. The number of ether oxygens (including phenoxy) is 2. The van der Waals surface area contributed by atoms with Crippen LogP contribution < -0.4 is 14.8 Å². The Morgan fingerprint density at radius 2 is 2.10 bits per heavy atom. The van der Waals surface area contributed by atoms with Crippen LogP contribution in [0, 0.1) is 0 Å². The van der Waals surface area contributed by atoms with Gasteiger partial charge in [-0.25, -0.2) is 4.98 Å². The van der Waals surface area contributed by atoms with Crippen LogP contribution in [-0.2, 0) is 0 Å². The molecule has 110 valence electrons. The molecule has 1 heterocycles. The van der Waals surface area contributed by atoms with Crippen LogP contribution in [0.5, 0.6) is 11.5 Å². The molecule has 0 saturated carbocycles. The molecule has 0 radical (unpaired) electrons. The van der Waals surface area contributed by atoms with Gasteiger partial charge in [-0.15, -0.1) is 0 Å². The SMILES string of the molecule is CCOc1cc(NC(=O)c2ccc(Br)nc2)ccc1OC. The molecule has 0 aliphatic heterocycles. The third-order valence-electron chi connectivity index (χ3n) is 2.71. The molecule has 0 bridgehead atoms. The number of carbonyl (C=O) groups is 1. The van der Waals surface area contributed by atoms with Crippen LogP contribution in [0.25, 0.3) is 0 Å². The van der Waals surface area contributed by atoms with Crippen molar-refractivity contribution < 1.29 is 14.3 Å². The van der Waals surface area contributed by atoms with Gasteiger partial charge in [-0.3, -0.25) is 4.79 Å². The Bertz CT molecular complexity index is 629. The lowest BCUT2D eigenvalue weighted by Crippen LogP contribution is -2.12. The van der Waals surface area contributed by atoms with Crippen LogP contribution in [0.2, 0.25) is 0 Å². The molecular formula is C15H15BrN2O3. The molecule has 0 saturated heterocycles. The normalized spacial score (nSPS) is 10.0. The Morgan fingerprint density at radius 3 is 2.71 bits per heavy atom. The number of hydrogen-bond donors (Lipinski definition) is 1. The van der Waals surface area contributed by atoms with Gasteiger partial charge in [0.05, 0.1) is 19.3 Å². The molecule has 2 rings (SSSR count). The van der Waals surface area contributed by atoms with E-state index in [1.165, 1.54) is 6.20 Å². The summed E-state index contributed by atoms with van der Waals surface area (Å²) in [6, 6.07) is 8.65. The van der Waals surface area contributed by atoms with Crippen molar-refractivity contribution in [1.82, 2.24) is 4.98 Å². The monoisotopic (exact) mass is 350 g/mol. The number of rotatable bonds is 5. The highest BCUT2D eigenvalue weighted by atomic mass is 79.9. The lowest BCUT2D eigenvalue weighted by molar-refractivity contribution is 0.102. The fourth-order valence-corrected chi connectivity index (χ4v) is 1.97. The summed E-state index contributed by atoms with van der Waals surface area (Å²) < 4.78 is 11.4. The predicted octanol–water partition coefficient (Wildman–Crippen LogP) is 3.50. The summed E-state index contributed by atoms with van der Waals surface area (Å²) in [6.07, 6.45) is 1.51. The Labute approximate surface area is 131 Å². The van der Waals surface area contributed by atoms with Gasteiger partial charge in [-0.2, -0.15) is 0 Å². The highest BCUT2D eigenvalue weighted by Gasteiger charge is 2.10. The molecule has 0 aliphatic rings. The first-order valence-corrected chi connectivity index (χ1v) is 7.17. The Kier molecular flexibility index (Phi) is 5.16. The van der Waals surface area contributed by atoms with E-state index in [0.29, 0.717) is 34.0 Å². The maximum Gasteiger partial charge on any atom is 0.257 e. The number of aromatic nitrogens is 1. The van der Waals surface area contributed by atoms with E-state index in [4.69, 9.17) is 9.47 Å². The molecule has 5 nitrogen and oxygen atoms in total. The highest BCUT2D eigenvalue weighted by molar-refractivity contribution is 9.10. The summed E-state index contributed by atoms with van der Waals surface area (Å²) in [6.45, 7) is 2.41. The number of methoxy groups -OCH3 is 1. The smallest absolute Gasteiger partial charge is 0.257 e. The predicted molar refractivity (Wildman–Crippen MR) is 84.1 cm³/mol. The number of benzene rings is 1. The summed E-state index contributed by atoms with van der Waals surface area (Å²) in [5.41, 5.74) is 1.11. The number of nitrogens with one attached hydrogen (secondary N) is 1. The number of anilines is 1. The van der Waals surface area contributed by atoms with E-state index in [1.54, 1.807) is 37.4 Å². The Hall–Kier alpha value is -2.08. The van der Waals surface area contributed by atoms with Crippen molar-refractivity contribution in [2.75, 3.05) is 19.0 Å². The summed E-state index contributed by atoms with van der Waals surface area (Å²) in [7, 11) is 1.57. The third kappa shape index (κ3) is 3.95. The van der Waals surface area contributed by atoms with Crippen LogP contribution in [0.15, 0.2) is 41.1 Å². The van der Waals surface area contributed by atoms with Gasteiger partial charge in [0.15, 0.2) is 11.5 Å². The van der Waals surface area contributed by atoms with E-state index in [1.807, 2.05) is 6.92 Å². The van der Waals surface area contributed by atoms with Crippen LogP contribution in [0.4, 0.5) is 5.69 Å². The van der Waals surface area contributed by atoms with E-state index >= 15 is 0 Å². The van der Waals surface area contributed by atoms with Crippen molar-refractivity contribution in [1.29, 1.82) is 0 Å². The lowest BCUT2D eigenvalue weighted by Gasteiger charge is -2.11. The average Bonchev–Trinajstić information content (AvgIpc) is 2.48. The second kappa shape index (κ2) is 7.08. The topological polar surface area (TPSA) is 60.5 Å². The highest BCUT2D eigenvalue weighted by Crippen LogP contribution is 2.30. The van der Waals surface area contributed by atoms with E-state index in [9.17, 15) is 4.79 Å². The van der Waals surface area contributed by atoms with Gasteiger partial charge in [0, 0.05) is 18.0 Å². The summed E-state index contributed by atoms with van der Waals surface area (Å²) in [4.78, 5) is 16.1. The molecule has 2 aromatic rings. The van der Waals surface area contributed by atoms with Crippen molar-refractivity contribution in [2.45, 2.75) is 6.92 Å². The molecule has 1 aromatic heterocycles. The minimum absolute atomic E-state index is 0.234. The van der Waals surface area contributed by atoms with Crippen molar-refractivity contribution in [3.8, 4) is 11.5 Å². The molecular weight excluding hydrogens is 336 g/mol. The van der Waals surface area contributed by atoms with E-state index < -0.39 is 0 Å². The first-order valence-electron chi connectivity index (χ1n) is 6.37. The maximum absolute atomic E-state index is 12.1. The maximum atomic E-state index is 12.1. The van der Waals surface area contributed by atoms with Gasteiger partial charge >= 0.3 is 0 Å². The Morgan fingerprint density at radius 1 is 1.29 bits per heavy atom. The molecule has 6 heteroatoms. The molecule has 0 fully saturated rings. The summed E-state index contributed by atoms with van der Waals surface area (Å²) in [5.74, 6) is 0.981. The van der Waals surface area contributed by atoms with Crippen molar-refractivity contribution in [3.63, 3.8) is 0 Å². The number of pyridine rings is 1. The van der Waals surface area contributed by atoms with Crippen molar-refractivity contribution in [2.24, 2.45) is 0 Å². The zero-order valence-corrected chi connectivity index (χ0v) is 13.3. The van der Waals surface area contributed by atoms with Crippen LogP contribution >= 0.6 is 15.9 Å². The number of carbonyl (C=O) groups excluding carboxylic acids is 1. The van der Waals surface area contributed by atoms with Crippen molar-refractivity contribution in [3.05, 3.63) is 46.7 Å². The minimum Gasteiger partial charge on any atom is -0.493 e. The van der Waals surface area contributed by atoms with Gasteiger partial charge in [0.1, 0.15) is 4.60 Å². The molecule has 0 atom stereocenters. The van der Waals surface area contributed by atoms with Gasteiger partial charge < -0.3 is 14.8 Å². The Balaban J connectivity index is 2.17. The summed E-state index contributed by atoms with van der Waals surface area (Å²) in [5, 5.41) is 2.80. The zero-order chi connectivity index (χ0) is 15.2. The van der Waals surface area contributed by atoms with Crippen LogP contribution in [0.1, 0.15) is 17.3 Å². The standard InChI is InChI=1S/C15H15BrN2O3/c1-3-21-13-8-11(5-6-12(13)20-2)18-15(19)10-4-7-14(16)17-9-10/h4-9H,3H2,1-2H3,(H,18,19). The summed E-state index contributed by atoms with van der Waals surface area (Å²) >= 11 is 3.23. The minimum atomic E-state index is -0.234. The zero-order valence-electron chi connectivity index (χ0n) is 11.7. The first-order chi connectivity index (χ1) is 10.1. The van der Waals surface area contributed by atoms with Gasteiger partial charge in [-0.1, -0.05) is 0 Å². The van der Waals surface area contributed by atoms with E-state index in [-0.39, 0.29) is 5.91 Å². The largest absolute Gasteiger partial charge is 0.493 e.